The van der Waals surface area contributed by atoms with E-state index in [9.17, 15) is 0 Å². The van der Waals surface area contributed by atoms with Gasteiger partial charge in [0.25, 0.3) is 0 Å². The highest BCUT2D eigenvalue weighted by atomic mass is 79.9. The zero-order valence-electron chi connectivity index (χ0n) is 9.25. The molecule has 0 amide bonds. The van der Waals surface area contributed by atoms with Crippen LogP contribution in [0.3, 0.4) is 0 Å². The van der Waals surface area contributed by atoms with E-state index < -0.39 is 0 Å². The highest BCUT2D eigenvalue weighted by molar-refractivity contribution is 9.11. The normalized spacial score (nSPS) is 10.7. The second-order valence-electron chi connectivity index (χ2n) is 3.67. The van der Waals surface area contributed by atoms with Crippen molar-refractivity contribution in [3.05, 3.63) is 46.5 Å². The first-order valence-corrected chi connectivity index (χ1v) is 6.87. The quantitative estimate of drug-likeness (QED) is 0.787. The number of thiophene rings is 1. The molecule has 0 aromatic carbocycles. The lowest BCUT2D eigenvalue weighted by atomic mass is 10.3. The number of rotatable bonds is 2. The maximum Gasteiger partial charge on any atom is 0.153 e. The SMILES string of the molecule is Nc1cn(-c2ccccn2)nc1-c1ccc(Br)s1. The fourth-order valence-electron chi connectivity index (χ4n) is 1.63. The number of pyridine rings is 1. The molecule has 2 N–H and O–H groups in total. The van der Waals surface area contributed by atoms with Gasteiger partial charge in [-0.25, -0.2) is 9.67 Å². The van der Waals surface area contributed by atoms with Crippen LogP contribution in [0.25, 0.3) is 16.4 Å². The van der Waals surface area contributed by atoms with Gasteiger partial charge in [0.2, 0.25) is 0 Å². The van der Waals surface area contributed by atoms with Crippen LogP contribution in [0, 0.1) is 0 Å². The molecular formula is C12H9BrN4S. The average molecular weight is 321 g/mol. The minimum absolute atomic E-state index is 0.648. The third kappa shape index (κ3) is 2.04. The molecule has 0 atom stereocenters. The molecule has 3 heterocycles. The van der Waals surface area contributed by atoms with Crippen molar-refractivity contribution in [2.24, 2.45) is 0 Å². The number of hydrogen-bond acceptors (Lipinski definition) is 4. The van der Waals surface area contributed by atoms with E-state index in [0.717, 1.165) is 20.2 Å². The van der Waals surface area contributed by atoms with Gasteiger partial charge < -0.3 is 5.73 Å². The Bertz CT molecular complexity index is 674. The van der Waals surface area contributed by atoms with Gasteiger partial charge in [0.15, 0.2) is 5.82 Å². The van der Waals surface area contributed by atoms with Gasteiger partial charge in [-0.15, -0.1) is 11.3 Å². The molecular weight excluding hydrogens is 312 g/mol. The predicted octanol–water partition coefficient (Wildman–Crippen LogP) is 3.34. The van der Waals surface area contributed by atoms with Crippen molar-refractivity contribution in [1.82, 2.24) is 14.8 Å². The van der Waals surface area contributed by atoms with Crippen molar-refractivity contribution in [2.75, 3.05) is 5.73 Å². The Morgan fingerprint density at radius 3 is 2.78 bits per heavy atom. The summed E-state index contributed by atoms with van der Waals surface area (Å²) in [6.45, 7) is 0. The standard InChI is InChI=1S/C12H9BrN4S/c13-10-5-4-9(18-10)12-8(14)7-17(16-12)11-3-1-2-6-15-11/h1-7H,14H2. The Hall–Kier alpha value is -1.66. The molecule has 0 fully saturated rings. The Labute approximate surface area is 116 Å². The van der Waals surface area contributed by atoms with Crippen LogP contribution in [0.4, 0.5) is 5.69 Å². The van der Waals surface area contributed by atoms with Crippen LogP contribution in [-0.2, 0) is 0 Å². The summed E-state index contributed by atoms with van der Waals surface area (Å²) in [6, 6.07) is 9.66. The van der Waals surface area contributed by atoms with Gasteiger partial charge in [-0.2, -0.15) is 5.10 Å². The van der Waals surface area contributed by atoms with E-state index in [1.807, 2.05) is 30.3 Å². The molecule has 0 spiro atoms. The number of nitrogens with zero attached hydrogens (tertiary/aromatic N) is 3. The molecule has 6 heteroatoms. The van der Waals surface area contributed by atoms with E-state index >= 15 is 0 Å². The molecule has 3 rings (SSSR count). The van der Waals surface area contributed by atoms with Gasteiger partial charge in [-0.3, -0.25) is 0 Å². The number of hydrogen-bond donors (Lipinski definition) is 1. The molecule has 0 saturated carbocycles. The molecule has 3 aromatic heterocycles. The van der Waals surface area contributed by atoms with Gasteiger partial charge in [-0.05, 0) is 40.2 Å². The molecule has 0 bridgehead atoms. The molecule has 0 aliphatic rings. The van der Waals surface area contributed by atoms with Crippen molar-refractivity contribution in [3.8, 4) is 16.4 Å². The zero-order chi connectivity index (χ0) is 12.5. The minimum atomic E-state index is 0.648. The van der Waals surface area contributed by atoms with Crippen LogP contribution in [0.2, 0.25) is 0 Å². The lowest BCUT2D eigenvalue weighted by Gasteiger charge is -1.97. The first-order valence-electron chi connectivity index (χ1n) is 5.26. The molecule has 0 aliphatic heterocycles. The van der Waals surface area contributed by atoms with Crippen LogP contribution >= 0.6 is 27.3 Å². The second-order valence-corrected chi connectivity index (χ2v) is 6.13. The predicted molar refractivity (Wildman–Crippen MR) is 76.8 cm³/mol. The smallest absolute Gasteiger partial charge is 0.153 e. The fourth-order valence-corrected chi connectivity index (χ4v) is 3.02. The topological polar surface area (TPSA) is 56.7 Å². The average Bonchev–Trinajstić information content (AvgIpc) is 2.97. The number of halogens is 1. The third-order valence-corrected chi connectivity index (χ3v) is 4.06. The number of nitrogen functional groups attached to an aromatic ring is 1. The van der Waals surface area contributed by atoms with Gasteiger partial charge in [0.1, 0.15) is 5.69 Å². The second kappa shape index (κ2) is 4.55. The maximum atomic E-state index is 6.00. The Morgan fingerprint density at radius 2 is 2.11 bits per heavy atom. The monoisotopic (exact) mass is 320 g/mol. The third-order valence-electron chi connectivity index (χ3n) is 2.43. The van der Waals surface area contributed by atoms with Gasteiger partial charge in [0, 0.05) is 6.20 Å². The van der Waals surface area contributed by atoms with Crippen molar-refractivity contribution in [3.63, 3.8) is 0 Å². The lowest BCUT2D eigenvalue weighted by molar-refractivity contribution is 0.851. The van der Waals surface area contributed by atoms with E-state index in [4.69, 9.17) is 5.73 Å². The maximum absolute atomic E-state index is 6.00. The minimum Gasteiger partial charge on any atom is -0.396 e. The Kier molecular flexibility index (Phi) is 2.89. The molecule has 4 nitrogen and oxygen atoms in total. The van der Waals surface area contributed by atoms with E-state index in [0.29, 0.717) is 5.69 Å². The molecule has 0 radical (unpaired) electrons. The number of anilines is 1. The molecule has 0 saturated heterocycles. The van der Waals surface area contributed by atoms with Crippen LogP contribution < -0.4 is 5.73 Å². The summed E-state index contributed by atoms with van der Waals surface area (Å²) < 4.78 is 2.75. The largest absolute Gasteiger partial charge is 0.396 e. The van der Waals surface area contributed by atoms with Crippen LogP contribution in [0.1, 0.15) is 0 Å². The van der Waals surface area contributed by atoms with Crippen LogP contribution in [-0.4, -0.2) is 14.8 Å². The summed E-state index contributed by atoms with van der Waals surface area (Å²) in [7, 11) is 0. The molecule has 0 unspecified atom stereocenters. The number of nitrogens with two attached hydrogens (primary N) is 1. The van der Waals surface area contributed by atoms with E-state index in [2.05, 4.69) is 26.0 Å². The van der Waals surface area contributed by atoms with Crippen molar-refractivity contribution < 1.29 is 0 Å². The summed E-state index contributed by atoms with van der Waals surface area (Å²) in [5.74, 6) is 0.756. The molecule has 3 aromatic rings. The first kappa shape index (κ1) is 11.4. The Morgan fingerprint density at radius 1 is 1.22 bits per heavy atom. The lowest BCUT2D eigenvalue weighted by Crippen LogP contribution is -1.96. The highest BCUT2D eigenvalue weighted by Gasteiger charge is 2.11. The van der Waals surface area contributed by atoms with Gasteiger partial charge in [-0.1, -0.05) is 6.07 Å². The van der Waals surface area contributed by atoms with Crippen molar-refractivity contribution >= 4 is 33.0 Å². The van der Waals surface area contributed by atoms with E-state index in [-0.39, 0.29) is 0 Å². The molecule has 0 aliphatic carbocycles. The van der Waals surface area contributed by atoms with Crippen molar-refractivity contribution in [1.29, 1.82) is 0 Å². The molecule has 90 valence electrons. The van der Waals surface area contributed by atoms with Gasteiger partial charge in [0.05, 0.1) is 20.5 Å². The summed E-state index contributed by atoms with van der Waals surface area (Å²) in [4.78, 5) is 5.28. The van der Waals surface area contributed by atoms with E-state index in [1.54, 1.807) is 28.4 Å². The van der Waals surface area contributed by atoms with Crippen LogP contribution in [0.15, 0.2) is 46.5 Å². The molecule has 18 heavy (non-hydrogen) atoms. The van der Waals surface area contributed by atoms with Crippen molar-refractivity contribution in [2.45, 2.75) is 0 Å². The summed E-state index contributed by atoms with van der Waals surface area (Å²) in [6.07, 6.45) is 3.51. The van der Waals surface area contributed by atoms with Gasteiger partial charge >= 0.3 is 0 Å². The summed E-state index contributed by atoms with van der Waals surface area (Å²) in [5, 5.41) is 4.48. The van der Waals surface area contributed by atoms with Crippen LogP contribution in [0.5, 0.6) is 0 Å². The number of aromatic nitrogens is 3. The van der Waals surface area contributed by atoms with E-state index in [1.165, 1.54) is 0 Å². The highest BCUT2D eigenvalue weighted by Crippen LogP contribution is 2.33. The fraction of sp³-hybridized carbons (Fsp3) is 0. The Balaban J connectivity index is 2.06. The zero-order valence-corrected chi connectivity index (χ0v) is 11.6. The first-order chi connectivity index (χ1) is 8.74. The summed E-state index contributed by atoms with van der Waals surface area (Å²) in [5.41, 5.74) is 7.44. The summed E-state index contributed by atoms with van der Waals surface area (Å²) >= 11 is 5.04.